The maximum absolute atomic E-state index is 12.7. The summed E-state index contributed by atoms with van der Waals surface area (Å²) in [5, 5.41) is 0. The van der Waals surface area contributed by atoms with Crippen molar-refractivity contribution in [3.8, 4) is 0 Å². The van der Waals surface area contributed by atoms with Gasteiger partial charge in [-0.2, -0.15) is 0 Å². The van der Waals surface area contributed by atoms with E-state index in [1.165, 1.54) is 16.7 Å². The van der Waals surface area contributed by atoms with E-state index in [2.05, 4.69) is 50.2 Å². The van der Waals surface area contributed by atoms with Crippen LogP contribution >= 0.6 is 0 Å². The second kappa shape index (κ2) is 6.35. The van der Waals surface area contributed by atoms with Gasteiger partial charge in [-0.1, -0.05) is 60.2 Å². The standard InChI is InChI=1S/C20H23NO/c1-15-8-10-17(11-9-15)14-19-12-13-21(20(19)22)16(2)18-6-4-3-5-7-18/h3-11,16,19H,12-14H2,1-2H3/t16-,19+/m0/s1. The number of hydrogen-bond acceptors (Lipinski definition) is 1. The molecule has 1 aliphatic heterocycles. The smallest absolute Gasteiger partial charge is 0.226 e. The fourth-order valence-corrected chi connectivity index (χ4v) is 3.26. The van der Waals surface area contributed by atoms with Crippen molar-refractivity contribution in [1.29, 1.82) is 0 Å². The number of amides is 1. The van der Waals surface area contributed by atoms with Gasteiger partial charge < -0.3 is 4.90 Å². The topological polar surface area (TPSA) is 20.3 Å². The van der Waals surface area contributed by atoms with E-state index in [1.54, 1.807) is 0 Å². The summed E-state index contributed by atoms with van der Waals surface area (Å²) >= 11 is 0. The van der Waals surface area contributed by atoms with Crippen molar-refractivity contribution >= 4 is 5.91 Å². The second-order valence-corrected chi connectivity index (χ2v) is 6.29. The number of hydrogen-bond donors (Lipinski definition) is 0. The Bertz CT molecular complexity index is 633. The van der Waals surface area contributed by atoms with Gasteiger partial charge in [0.25, 0.3) is 0 Å². The third-order valence-corrected chi connectivity index (χ3v) is 4.70. The Kier molecular flexibility index (Phi) is 4.28. The minimum atomic E-state index is 0.133. The van der Waals surface area contributed by atoms with Crippen LogP contribution in [0, 0.1) is 12.8 Å². The molecule has 0 spiro atoms. The van der Waals surface area contributed by atoms with Crippen LogP contribution in [0.3, 0.4) is 0 Å². The first-order valence-electron chi connectivity index (χ1n) is 8.06. The van der Waals surface area contributed by atoms with Gasteiger partial charge in [0.05, 0.1) is 6.04 Å². The lowest BCUT2D eigenvalue weighted by Gasteiger charge is -2.25. The molecular formula is C20H23NO. The summed E-state index contributed by atoms with van der Waals surface area (Å²) in [4.78, 5) is 14.8. The van der Waals surface area contributed by atoms with Gasteiger partial charge in [0, 0.05) is 12.5 Å². The quantitative estimate of drug-likeness (QED) is 0.829. The molecule has 1 amide bonds. The Balaban J connectivity index is 1.68. The van der Waals surface area contributed by atoms with Gasteiger partial charge in [-0.15, -0.1) is 0 Å². The molecule has 2 heteroatoms. The lowest BCUT2D eigenvalue weighted by atomic mass is 9.97. The zero-order chi connectivity index (χ0) is 15.5. The number of benzene rings is 2. The van der Waals surface area contributed by atoms with Crippen LogP contribution in [0.5, 0.6) is 0 Å². The first kappa shape index (κ1) is 14.8. The number of aryl methyl sites for hydroxylation is 1. The van der Waals surface area contributed by atoms with E-state index in [9.17, 15) is 4.79 Å². The number of rotatable bonds is 4. The predicted octanol–water partition coefficient (Wildman–Crippen LogP) is 4.15. The van der Waals surface area contributed by atoms with Gasteiger partial charge in [0.2, 0.25) is 5.91 Å². The van der Waals surface area contributed by atoms with Crippen LogP contribution in [0.2, 0.25) is 0 Å². The van der Waals surface area contributed by atoms with Crippen LogP contribution in [-0.2, 0) is 11.2 Å². The Morgan fingerprint density at radius 3 is 2.45 bits per heavy atom. The normalized spacial score (nSPS) is 19.5. The minimum Gasteiger partial charge on any atom is -0.336 e. The summed E-state index contributed by atoms with van der Waals surface area (Å²) in [5.41, 5.74) is 3.74. The summed E-state index contributed by atoms with van der Waals surface area (Å²) in [7, 11) is 0. The Morgan fingerprint density at radius 2 is 1.77 bits per heavy atom. The molecule has 2 aromatic carbocycles. The highest BCUT2D eigenvalue weighted by Gasteiger charge is 2.34. The summed E-state index contributed by atoms with van der Waals surface area (Å²) in [6, 6.07) is 19.0. The van der Waals surface area contributed by atoms with Crippen molar-refractivity contribution < 1.29 is 4.79 Å². The molecule has 0 aliphatic carbocycles. The van der Waals surface area contributed by atoms with Gasteiger partial charge >= 0.3 is 0 Å². The van der Waals surface area contributed by atoms with Crippen molar-refractivity contribution in [3.05, 3.63) is 71.3 Å². The van der Waals surface area contributed by atoms with Crippen LogP contribution in [0.15, 0.2) is 54.6 Å². The lowest BCUT2D eigenvalue weighted by molar-refractivity contribution is -0.132. The van der Waals surface area contributed by atoms with E-state index in [0.717, 1.165) is 19.4 Å². The van der Waals surface area contributed by atoms with Gasteiger partial charge in [-0.3, -0.25) is 4.79 Å². The molecule has 1 aliphatic rings. The number of likely N-dealkylation sites (tertiary alicyclic amines) is 1. The molecule has 1 fully saturated rings. The van der Waals surface area contributed by atoms with Crippen molar-refractivity contribution in [2.24, 2.45) is 5.92 Å². The predicted molar refractivity (Wildman–Crippen MR) is 89.6 cm³/mol. The van der Waals surface area contributed by atoms with Crippen LogP contribution in [-0.4, -0.2) is 17.4 Å². The first-order valence-corrected chi connectivity index (χ1v) is 8.06. The van der Waals surface area contributed by atoms with Crippen molar-refractivity contribution in [2.75, 3.05) is 6.54 Å². The lowest BCUT2D eigenvalue weighted by Crippen LogP contribution is -2.30. The molecule has 0 radical (unpaired) electrons. The van der Waals surface area contributed by atoms with Crippen LogP contribution in [0.1, 0.15) is 36.1 Å². The molecule has 2 nitrogen and oxygen atoms in total. The molecule has 1 saturated heterocycles. The molecule has 0 unspecified atom stereocenters. The maximum Gasteiger partial charge on any atom is 0.226 e. The Labute approximate surface area is 132 Å². The highest BCUT2D eigenvalue weighted by Crippen LogP contribution is 2.30. The molecule has 0 aromatic heterocycles. The van der Waals surface area contributed by atoms with Gasteiger partial charge in [-0.05, 0) is 37.8 Å². The second-order valence-electron chi connectivity index (χ2n) is 6.29. The largest absolute Gasteiger partial charge is 0.336 e. The van der Waals surface area contributed by atoms with Crippen molar-refractivity contribution in [3.63, 3.8) is 0 Å². The molecule has 2 aromatic rings. The third kappa shape index (κ3) is 3.06. The molecule has 0 bridgehead atoms. The van der Waals surface area contributed by atoms with Gasteiger partial charge in [0.1, 0.15) is 0 Å². The van der Waals surface area contributed by atoms with Crippen LogP contribution in [0.25, 0.3) is 0 Å². The average molecular weight is 293 g/mol. The average Bonchev–Trinajstić information content (AvgIpc) is 2.91. The zero-order valence-corrected chi connectivity index (χ0v) is 13.3. The third-order valence-electron chi connectivity index (χ3n) is 4.70. The minimum absolute atomic E-state index is 0.133. The SMILES string of the molecule is Cc1ccc(C[C@H]2CCN([C@@H](C)c3ccccc3)C2=O)cc1. The maximum atomic E-state index is 12.7. The van der Waals surface area contributed by atoms with E-state index in [4.69, 9.17) is 0 Å². The van der Waals surface area contributed by atoms with E-state index in [-0.39, 0.29) is 12.0 Å². The number of carbonyl (C=O) groups excluding carboxylic acids is 1. The van der Waals surface area contributed by atoms with Crippen molar-refractivity contribution in [2.45, 2.75) is 32.7 Å². The Morgan fingerprint density at radius 1 is 1.09 bits per heavy atom. The number of nitrogens with zero attached hydrogens (tertiary/aromatic N) is 1. The summed E-state index contributed by atoms with van der Waals surface area (Å²) in [6.07, 6.45) is 1.82. The summed E-state index contributed by atoms with van der Waals surface area (Å²) < 4.78 is 0. The molecule has 1 heterocycles. The van der Waals surface area contributed by atoms with E-state index in [0.29, 0.717) is 5.91 Å². The molecule has 22 heavy (non-hydrogen) atoms. The molecular weight excluding hydrogens is 270 g/mol. The van der Waals surface area contributed by atoms with E-state index >= 15 is 0 Å². The van der Waals surface area contributed by atoms with Gasteiger partial charge in [0.15, 0.2) is 0 Å². The molecule has 0 N–H and O–H groups in total. The van der Waals surface area contributed by atoms with E-state index in [1.807, 2.05) is 23.1 Å². The fourth-order valence-electron chi connectivity index (χ4n) is 3.26. The van der Waals surface area contributed by atoms with Crippen LogP contribution in [0.4, 0.5) is 0 Å². The Hall–Kier alpha value is -2.09. The van der Waals surface area contributed by atoms with Crippen LogP contribution < -0.4 is 0 Å². The molecule has 2 atom stereocenters. The summed E-state index contributed by atoms with van der Waals surface area (Å²) in [5.74, 6) is 0.436. The van der Waals surface area contributed by atoms with E-state index < -0.39 is 0 Å². The first-order chi connectivity index (χ1) is 10.6. The van der Waals surface area contributed by atoms with Gasteiger partial charge in [-0.25, -0.2) is 0 Å². The highest BCUT2D eigenvalue weighted by molar-refractivity contribution is 5.81. The zero-order valence-electron chi connectivity index (χ0n) is 13.3. The molecule has 114 valence electrons. The van der Waals surface area contributed by atoms with Crippen molar-refractivity contribution in [1.82, 2.24) is 4.90 Å². The monoisotopic (exact) mass is 293 g/mol. The number of carbonyl (C=O) groups is 1. The molecule has 0 saturated carbocycles. The molecule has 3 rings (SSSR count). The summed E-state index contributed by atoms with van der Waals surface area (Å²) in [6.45, 7) is 5.08. The highest BCUT2D eigenvalue weighted by atomic mass is 16.2. The fraction of sp³-hybridized carbons (Fsp3) is 0.350.